The molecule has 0 unspecified atom stereocenters. The molecule has 1 heterocycles. The molecule has 1 saturated heterocycles. The predicted octanol–water partition coefficient (Wildman–Crippen LogP) is 6.33. The Morgan fingerprint density at radius 3 is 1.93 bits per heavy atom. The lowest BCUT2D eigenvalue weighted by Gasteiger charge is -2.14. The summed E-state index contributed by atoms with van der Waals surface area (Å²) >= 11 is 0. The molecule has 0 spiro atoms. The minimum atomic E-state index is -0.292. The van der Waals surface area contributed by atoms with Crippen molar-refractivity contribution in [2.24, 2.45) is 0 Å². The van der Waals surface area contributed by atoms with Crippen molar-refractivity contribution in [3.63, 3.8) is 0 Å². The molecule has 4 nitrogen and oxygen atoms in total. The number of hydrogen-bond acceptors (Lipinski definition) is 4. The molecule has 0 N–H and O–H groups in total. The van der Waals surface area contributed by atoms with Crippen LogP contribution in [0.2, 0.25) is 0 Å². The molecule has 0 amide bonds. The Morgan fingerprint density at radius 2 is 1.41 bits per heavy atom. The van der Waals surface area contributed by atoms with Gasteiger partial charge in [0, 0.05) is 7.11 Å². The lowest BCUT2D eigenvalue weighted by molar-refractivity contribution is -0.140. The first kappa shape index (κ1) is 24.2. The van der Waals surface area contributed by atoms with Crippen molar-refractivity contribution >= 4 is 5.97 Å². The van der Waals surface area contributed by atoms with Crippen molar-refractivity contribution in [3.8, 4) is 0 Å². The Kier molecular flexibility index (Phi) is 14.4. The van der Waals surface area contributed by atoms with Crippen LogP contribution in [0.15, 0.2) is 11.6 Å². The van der Waals surface area contributed by atoms with Gasteiger partial charge in [-0.25, -0.2) is 4.79 Å². The van der Waals surface area contributed by atoms with Crippen LogP contribution < -0.4 is 0 Å². The van der Waals surface area contributed by atoms with Crippen LogP contribution in [-0.4, -0.2) is 32.1 Å². The fourth-order valence-corrected chi connectivity index (χ4v) is 3.65. The fourth-order valence-electron chi connectivity index (χ4n) is 3.65. The zero-order valence-corrected chi connectivity index (χ0v) is 18.0. The summed E-state index contributed by atoms with van der Waals surface area (Å²) in [5.74, 6) is -0.238. The maximum atomic E-state index is 11.9. The summed E-state index contributed by atoms with van der Waals surface area (Å²) in [6.45, 7) is 4.32. The normalized spacial score (nSPS) is 21.1. The van der Waals surface area contributed by atoms with Gasteiger partial charge < -0.3 is 14.2 Å². The quantitative estimate of drug-likeness (QED) is 0.128. The summed E-state index contributed by atoms with van der Waals surface area (Å²) in [7, 11) is 1.58. The largest absolute Gasteiger partial charge is 0.456 e. The SMILES string of the molecule is CCCCCCCCCCCCCCC/C=C1/C(=O)O[C@@H](C)[C@@H]1OCOC. The van der Waals surface area contributed by atoms with Gasteiger partial charge in [0.2, 0.25) is 0 Å². The van der Waals surface area contributed by atoms with Gasteiger partial charge in [-0.05, 0) is 19.8 Å². The molecule has 1 aliphatic rings. The van der Waals surface area contributed by atoms with Crippen molar-refractivity contribution < 1.29 is 19.0 Å². The Morgan fingerprint density at radius 1 is 0.889 bits per heavy atom. The topological polar surface area (TPSA) is 44.8 Å². The molecular weight excluding hydrogens is 340 g/mol. The molecule has 0 aromatic rings. The number of unbranched alkanes of at least 4 members (excludes halogenated alkanes) is 13. The van der Waals surface area contributed by atoms with E-state index in [4.69, 9.17) is 14.2 Å². The second-order valence-electron chi connectivity index (χ2n) is 7.80. The molecule has 0 bridgehead atoms. The molecule has 0 aromatic heterocycles. The Bertz CT molecular complexity index is 405. The molecule has 0 saturated carbocycles. The third kappa shape index (κ3) is 10.9. The maximum absolute atomic E-state index is 11.9. The van der Waals surface area contributed by atoms with Crippen LogP contribution in [0.5, 0.6) is 0 Å². The highest BCUT2D eigenvalue weighted by atomic mass is 16.7. The van der Waals surface area contributed by atoms with Crippen molar-refractivity contribution in [1.29, 1.82) is 0 Å². The zero-order chi connectivity index (χ0) is 19.7. The van der Waals surface area contributed by atoms with E-state index < -0.39 is 0 Å². The number of allylic oxidation sites excluding steroid dienone is 1. The summed E-state index contributed by atoms with van der Waals surface area (Å²) in [5, 5.41) is 0. The number of ether oxygens (including phenoxy) is 3. The van der Waals surface area contributed by atoms with Gasteiger partial charge in [0.25, 0.3) is 0 Å². The summed E-state index contributed by atoms with van der Waals surface area (Å²) in [6.07, 6.45) is 20.0. The third-order valence-corrected chi connectivity index (χ3v) is 5.30. The fraction of sp³-hybridized carbons (Fsp3) is 0.870. The van der Waals surface area contributed by atoms with Crippen LogP contribution in [0.4, 0.5) is 0 Å². The summed E-state index contributed by atoms with van der Waals surface area (Å²) in [6, 6.07) is 0. The van der Waals surface area contributed by atoms with E-state index in [0.717, 1.165) is 12.8 Å². The minimum absolute atomic E-state index is 0.182. The molecule has 1 fully saturated rings. The van der Waals surface area contributed by atoms with Crippen LogP contribution in [0.1, 0.15) is 104 Å². The lowest BCUT2D eigenvalue weighted by atomic mass is 10.0. The minimum Gasteiger partial charge on any atom is -0.456 e. The summed E-state index contributed by atoms with van der Waals surface area (Å²) in [4.78, 5) is 11.9. The van der Waals surface area contributed by atoms with E-state index in [-0.39, 0.29) is 25.0 Å². The number of carbonyl (C=O) groups is 1. The van der Waals surface area contributed by atoms with Gasteiger partial charge in [-0.15, -0.1) is 0 Å². The first-order chi connectivity index (χ1) is 13.2. The van der Waals surface area contributed by atoms with Gasteiger partial charge in [0.05, 0.1) is 5.57 Å². The van der Waals surface area contributed by atoms with Gasteiger partial charge in [-0.2, -0.15) is 0 Å². The molecule has 1 rings (SSSR count). The van der Waals surface area contributed by atoms with Crippen LogP contribution in [-0.2, 0) is 19.0 Å². The van der Waals surface area contributed by atoms with Crippen LogP contribution in [0, 0.1) is 0 Å². The van der Waals surface area contributed by atoms with E-state index in [9.17, 15) is 4.79 Å². The Hall–Kier alpha value is -0.870. The first-order valence-corrected chi connectivity index (χ1v) is 11.2. The molecule has 158 valence electrons. The molecule has 2 atom stereocenters. The first-order valence-electron chi connectivity index (χ1n) is 11.2. The maximum Gasteiger partial charge on any atom is 0.336 e. The molecular formula is C23H42O4. The standard InChI is InChI=1S/C23H42O4/c1-4-5-6-7-8-9-10-11-12-13-14-15-16-17-18-21-22(26-19-25-3)20(2)27-23(21)24/h18,20,22H,4-17,19H2,1-3H3/b21-18+/t20-,22-/m0/s1. The lowest BCUT2D eigenvalue weighted by Crippen LogP contribution is -2.23. The van der Waals surface area contributed by atoms with Crippen molar-refractivity contribution in [2.45, 2.75) is 116 Å². The third-order valence-electron chi connectivity index (χ3n) is 5.30. The van der Waals surface area contributed by atoms with Gasteiger partial charge in [-0.1, -0.05) is 90.0 Å². The number of methoxy groups -OCH3 is 1. The van der Waals surface area contributed by atoms with E-state index in [1.54, 1.807) is 7.11 Å². The number of esters is 1. The van der Waals surface area contributed by atoms with E-state index in [1.165, 1.54) is 77.0 Å². The highest BCUT2D eigenvalue weighted by Gasteiger charge is 2.37. The number of carbonyl (C=O) groups excluding carboxylic acids is 1. The Balaban J connectivity index is 2.00. The average Bonchev–Trinajstić information content (AvgIpc) is 2.93. The smallest absolute Gasteiger partial charge is 0.336 e. The van der Waals surface area contributed by atoms with Crippen molar-refractivity contribution in [2.75, 3.05) is 13.9 Å². The second kappa shape index (κ2) is 16.1. The Labute approximate surface area is 167 Å². The van der Waals surface area contributed by atoms with Crippen LogP contribution in [0.25, 0.3) is 0 Å². The summed E-state index contributed by atoms with van der Waals surface area (Å²) in [5.41, 5.74) is 0.665. The highest BCUT2D eigenvalue weighted by Crippen LogP contribution is 2.25. The van der Waals surface area contributed by atoms with Gasteiger partial charge in [0.15, 0.2) is 0 Å². The van der Waals surface area contributed by atoms with Crippen molar-refractivity contribution in [1.82, 2.24) is 0 Å². The van der Waals surface area contributed by atoms with E-state index in [0.29, 0.717) is 5.57 Å². The van der Waals surface area contributed by atoms with Crippen LogP contribution in [0.3, 0.4) is 0 Å². The average molecular weight is 383 g/mol. The van der Waals surface area contributed by atoms with E-state index in [2.05, 4.69) is 6.92 Å². The molecule has 1 aliphatic heterocycles. The molecule has 0 aliphatic carbocycles. The van der Waals surface area contributed by atoms with Gasteiger partial charge >= 0.3 is 5.97 Å². The van der Waals surface area contributed by atoms with E-state index >= 15 is 0 Å². The highest BCUT2D eigenvalue weighted by molar-refractivity contribution is 5.92. The van der Waals surface area contributed by atoms with Gasteiger partial charge in [-0.3, -0.25) is 0 Å². The van der Waals surface area contributed by atoms with Crippen LogP contribution >= 0.6 is 0 Å². The predicted molar refractivity (Wildman–Crippen MR) is 111 cm³/mol. The molecule has 4 heteroatoms. The van der Waals surface area contributed by atoms with Gasteiger partial charge in [0.1, 0.15) is 19.0 Å². The number of rotatable bonds is 17. The monoisotopic (exact) mass is 382 g/mol. The number of hydrogen-bond donors (Lipinski definition) is 0. The number of cyclic esters (lactones) is 1. The van der Waals surface area contributed by atoms with E-state index in [1.807, 2.05) is 13.0 Å². The molecule has 0 radical (unpaired) electrons. The summed E-state index contributed by atoms with van der Waals surface area (Å²) < 4.78 is 15.8. The molecule has 0 aromatic carbocycles. The molecule has 27 heavy (non-hydrogen) atoms. The van der Waals surface area contributed by atoms with Crippen molar-refractivity contribution in [3.05, 3.63) is 11.6 Å². The zero-order valence-electron chi connectivity index (χ0n) is 18.0. The second-order valence-corrected chi connectivity index (χ2v) is 7.80.